The van der Waals surface area contributed by atoms with Gasteiger partial charge in [-0.25, -0.2) is 8.42 Å². The van der Waals surface area contributed by atoms with Gasteiger partial charge < -0.3 is 10.6 Å². The Kier molecular flexibility index (Phi) is 5.30. The lowest BCUT2D eigenvalue weighted by Crippen LogP contribution is -2.28. The molecule has 0 aliphatic carbocycles. The molecule has 100 valence electrons. The van der Waals surface area contributed by atoms with Crippen LogP contribution < -0.4 is 10.6 Å². The number of sulfone groups is 1. The predicted octanol–water partition coefficient (Wildman–Crippen LogP) is 1.03. The number of anilines is 1. The van der Waals surface area contributed by atoms with Gasteiger partial charge in [0.2, 0.25) is 5.91 Å². The molecule has 0 aliphatic heterocycles. The Morgan fingerprint density at radius 2 is 1.89 bits per heavy atom. The van der Waals surface area contributed by atoms with Crippen LogP contribution in [0.1, 0.15) is 13.8 Å². The molecular weight excluding hydrogens is 252 g/mol. The summed E-state index contributed by atoms with van der Waals surface area (Å²) in [7, 11) is -3.33. The first kappa shape index (κ1) is 14.7. The predicted molar refractivity (Wildman–Crippen MR) is 71.3 cm³/mol. The average molecular weight is 270 g/mol. The molecule has 1 amide bonds. The highest BCUT2D eigenvalue weighted by molar-refractivity contribution is 7.91. The van der Waals surface area contributed by atoms with Crippen LogP contribution in [0.2, 0.25) is 0 Å². The van der Waals surface area contributed by atoms with Crippen molar-refractivity contribution in [2.45, 2.75) is 18.7 Å². The van der Waals surface area contributed by atoms with Crippen LogP contribution in [0.15, 0.2) is 29.2 Å². The molecule has 1 aromatic carbocycles. The van der Waals surface area contributed by atoms with Crippen LogP contribution in [0.4, 0.5) is 5.69 Å². The number of carbonyl (C=O) groups is 1. The number of amides is 1. The Balaban J connectivity index is 2.93. The minimum Gasteiger partial charge on any atom is -0.324 e. The van der Waals surface area contributed by atoms with Crippen molar-refractivity contribution in [3.63, 3.8) is 0 Å². The van der Waals surface area contributed by atoms with E-state index in [1.165, 1.54) is 6.07 Å². The van der Waals surface area contributed by atoms with E-state index in [0.29, 0.717) is 12.2 Å². The molecule has 0 unspecified atom stereocenters. The van der Waals surface area contributed by atoms with Gasteiger partial charge in [0.1, 0.15) is 0 Å². The summed E-state index contributed by atoms with van der Waals surface area (Å²) in [5.74, 6) is -0.247. The molecule has 0 saturated carbocycles. The van der Waals surface area contributed by atoms with Crippen LogP contribution in [0, 0.1) is 0 Å². The Bertz CT molecular complexity index is 512. The second-order valence-corrected chi connectivity index (χ2v) is 5.97. The molecule has 0 aromatic heterocycles. The summed E-state index contributed by atoms with van der Waals surface area (Å²) in [5, 5.41) is 5.48. The molecule has 0 aliphatic rings. The van der Waals surface area contributed by atoms with Crippen molar-refractivity contribution in [1.82, 2.24) is 5.32 Å². The Morgan fingerprint density at radius 3 is 2.50 bits per heavy atom. The van der Waals surface area contributed by atoms with Crippen molar-refractivity contribution >= 4 is 21.4 Å². The first-order valence-electron chi connectivity index (χ1n) is 5.83. The molecule has 18 heavy (non-hydrogen) atoms. The minimum absolute atomic E-state index is 0.00704. The minimum atomic E-state index is -3.33. The van der Waals surface area contributed by atoms with E-state index in [2.05, 4.69) is 10.6 Å². The highest BCUT2D eigenvalue weighted by Crippen LogP contribution is 2.21. The topological polar surface area (TPSA) is 75.3 Å². The zero-order chi connectivity index (χ0) is 13.6. The smallest absolute Gasteiger partial charge is 0.238 e. The first-order chi connectivity index (χ1) is 8.51. The molecule has 2 N–H and O–H groups in total. The van der Waals surface area contributed by atoms with Crippen LogP contribution in [-0.2, 0) is 14.6 Å². The third kappa shape index (κ3) is 3.82. The number of likely N-dealkylation sites (N-methyl/N-ethyl adjacent to an activating group) is 1. The standard InChI is InChI=1S/C12H18N2O3S/c1-3-13-9-12(15)14-10-7-5-6-8-11(10)18(16,17)4-2/h5-8,13H,3-4,9H2,1-2H3,(H,14,15). The van der Waals surface area contributed by atoms with E-state index >= 15 is 0 Å². The normalized spacial score (nSPS) is 11.2. The summed E-state index contributed by atoms with van der Waals surface area (Å²) in [6.07, 6.45) is 0. The van der Waals surface area contributed by atoms with E-state index in [1.54, 1.807) is 25.1 Å². The highest BCUT2D eigenvalue weighted by atomic mass is 32.2. The van der Waals surface area contributed by atoms with E-state index in [0.717, 1.165) is 0 Å². The van der Waals surface area contributed by atoms with Crippen molar-refractivity contribution in [1.29, 1.82) is 0 Å². The van der Waals surface area contributed by atoms with Gasteiger partial charge in [0.15, 0.2) is 9.84 Å². The third-order valence-electron chi connectivity index (χ3n) is 2.41. The van der Waals surface area contributed by atoms with Crippen molar-refractivity contribution in [2.75, 3.05) is 24.2 Å². The van der Waals surface area contributed by atoms with Crippen LogP contribution in [0.3, 0.4) is 0 Å². The lowest BCUT2D eigenvalue weighted by molar-refractivity contribution is -0.115. The molecule has 0 saturated heterocycles. The molecule has 6 heteroatoms. The van der Waals surface area contributed by atoms with E-state index in [-0.39, 0.29) is 23.1 Å². The Hall–Kier alpha value is -1.40. The van der Waals surface area contributed by atoms with Crippen molar-refractivity contribution < 1.29 is 13.2 Å². The maximum absolute atomic E-state index is 11.9. The summed E-state index contributed by atoms with van der Waals surface area (Å²) in [6.45, 7) is 4.31. The van der Waals surface area contributed by atoms with Gasteiger partial charge in [0.25, 0.3) is 0 Å². The number of hydrogen-bond acceptors (Lipinski definition) is 4. The summed E-state index contributed by atoms with van der Waals surface area (Å²) in [5.41, 5.74) is 0.335. The largest absolute Gasteiger partial charge is 0.324 e. The fourth-order valence-electron chi connectivity index (χ4n) is 1.43. The number of benzene rings is 1. The molecule has 0 radical (unpaired) electrons. The Morgan fingerprint density at radius 1 is 1.22 bits per heavy atom. The van der Waals surface area contributed by atoms with Gasteiger partial charge in [0.05, 0.1) is 22.9 Å². The number of nitrogens with one attached hydrogen (secondary N) is 2. The molecular formula is C12H18N2O3S. The van der Waals surface area contributed by atoms with E-state index in [1.807, 2.05) is 6.92 Å². The number of carbonyl (C=O) groups excluding carboxylic acids is 1. The third-order valence-corrected chi connectivity index (χ3v) is 4.20. The van der Waals surface area contributed by atoms with Crippen LogP contribution in [0.5, 0.6) is 0 Å². The van der Waals surface area contributed by atoms with Gasteiger partial charge in [-0.2, -0.15) is 0 Å². The fourth-order valence-corrected chi connectivity index (χ4v) is 2.48. The van der Waals surface area contributed by atoms with Crippen molar-refractivity contribution in [3.8, 4) is 0 Å². The van der Waals surface area contributed by atoms with Gasteiger partial charge in [-0.1, -0.05) is 26.0 Å². The van der Waals surface area contributed by atoms with E-state index < -0.39 is 9.84 Å². The molecule has 1 aromatic rings. The van der Waals surface area contributed by atoms with E-state index in [9.17, 15) is 13.2 Å². The summed E-state index contributed by atoms with van der Waals surface area (Å²) in [6, 6.07) is 6.42. The second-order valence-electron chi connectivity index (χ2n) is 3.73. The molecule has 0 heterocycles. The summed E-state index contributed by atoms with van der Waals surface area (Å²) in [4.78, 5) is 11.7. The second kappa shape index (κ2) is 6.51. The van der Waals surface area contributed by atoms with Gasteiger partial charge in [0, 0.05) is 0 Å². The zero-order valence-corrected chi connectivity index (χ0v) is 11.4. The first-order valence-corrected chi connectivity index (χ1v) is 7.48. The maximum Gasteiger partial charge on any atom is 0.238 e. The highest BCUT2D eigenvalue weighted by Gasteiger charge is 2.17. The van der Waals surface area contributed by atoms with Gasteiger partial charge >= 0.3 is 0 Å². The monoisotopic (exact) mass is 270 g/mol. The van der Waals surface area contributed by atoms with Gasteiger partial charge in [-0.3, -0.25) is 4.79 Å². The van der Waals surface area contributed by atoms with Crippen LogP contribution >= 0.6 is 0 Å². The fraction of sp³-hybridized carbons (Fsp3) is 0.417. The zero-order valence-electron chi connectivity index (χ0n) is 10.6. The lowest BCUT2D eigenvalue weighted by atomic mass is 10.3. The molecule has 5 nitrogen and oxygen atoms in total. The van der Waals surface area contributed by atoms with Crippen molar-refractivity contribution in [3.05, 3.63) is 24.3 Å². The molecule has 1 rings (SSSR count). The maximum atomic E-state index is 11.9. The SMILES string of the molecule is CCNCC(=O)Nc1ccccc1S(=O)(=O)CC. The summed E-state index contributed by atoms with van der Waals surface area (Å²) < 4.78 is 23.7. The van der Waals surface area contributed by atoms with Crippen molar-refractivity contribution in [2.24, 2.45) is 0 Å². The van der Waals surface area contributed by atoms with E-state index in [4.69, 9.17) is 0 Å². The van der Waals surface area contributed by atoms with Crippen LogP contribution in [0.25, 0.3) is 0 Å². The number of hydrogen-bond donors (Lipinski definition) is 2. The molecule has 0 fully saturated rings. The lowest BCUT2D eigenvalue weighted by Gasteiger charge is -2.10. The summed E-state index contributed by atoms with van der Waals surface area (Å²) >= 11 is 0. The molecule has 0 bridgehead atoms. The number of rotatable bonds is 6. The number of para-hydroxylation sites is 1. The molecule has 0 spiro atoms. The Labute approximate surface area is 108 Å². The molecule has 0 atom stereocenters. The quantitative estimate of drug-likeness (QED) is 0.809. The average Bonchev–Trinajstić information content (AvgIpc) is 2.37. The van der Waals surface area contributed by atoms with Crippen LogP contribution in [-0.4, -0.2) is 33.2 Å². The van der Waals surface area contributed by atoms with Gasteiger partial charge in [-0.05, 0) is 18.7 Å². The van der Waals surface area contributed by atoms with Gasteiger partial charge in [-0.15, -0.1) is 0 Å².